The van der Waals surface area contributed by atoms with Crippen LogP contribution in [0.3, 0.4) is 0 Å². The molecule has 7 nitrogen and oxygen atoms in total. The molecule has 1 fully saturated rings. The molecule has 0 unspecified atom stereocenters. The van der Waals surface area contributed by atoms with Gasteiger partial charge in [-0.05, 0) is 57.0 Å². The third kappa shape index (κ3) is 4.78. The van der Waals surface area contributed by atoms with Gasteiger partial charge in [0.1, 0.15) is 11.5 Å². The monoisotopic (exact) mass is 430 g/mol. The SMILES string of the molecule is Cc1cccc(NC(=O)CN2CCN(c3nc(-c4ccccn4)nc(C)c3C)CC2)c1C. The topological polar surface area (TPSA) is 74.2 Å². The van der Waals surface area contributed by atoms with Crippen LogP contribution < -0.4 is 10.2 Å². The Morgan fingerprint density at radius 1 is 0.938 bits per heavy atom. The summed E-state index contributed by atoms with van der Waals surface area (Å²) in [6.07, 6.45) is 1.76. The Labute approximate surface area is 189 Å². The van der Waals surface area contributed by atoms with Crippen LogP contribution in [0.2, 0.25) is 0 Å². The van der Waals surface area contributed by atoms with Gasteiger partial charge >= 0.3 is 0 Å². The van der Waals surface area contributed by atoms with Gasteiger partial charge in [-0.1, -0.05) is 18.2 Å². The van der Waals surface area contributed by atoms with Crippen molar-refractivity contribution < 1.29 is 4.79 Å². The smallest absolute Gasteiger partial charge is 0.238 e. The lowest BCUT2D eigenvalue weighted by Gasteiger charge is -2.36. The zero-order valence-electron chi connectivity index (χ0n) is 19.2. The lowest BCUT2D eigenvalue weighted by atomic mass is 10.1. The summed E-state index contributed by atoms with van der Waals surface area (Å²) in [4.78, 5) is 31.0. The van der Waals surface area contributed by atoms with Gasteiger partial charge in [0.25, 0.3) is 0 Å². The number of pyridine rings is 1. The number of carbonyl (C=O) groups is 1. The van der Waals surface area contributed by atoms with E-state index in [1.807, 2.05) is 44.2 Å². The fourth-order valence-electron chi connectivity index (χ4n) is 3.93. The van der Waals surface area contributed by atoms with Gasteiger partial charge in [0, 0.05) is 49.3 Å². The Bertz CT molecular complexity index is 1110. The molecule has 1 aliphatic rings. The number of amides is 1. The highest BCUT2D eigenvalue weighted by atomic mass is 16.2. The van der Waals surface area contributed by atoms with Crippen molar-refractivity contribution in [1.82, 2.24) is 19.9 Å². The summed E-state index contributed by atoms with van der Waals surface area (Å²) in [6, 6.07) is 11.8. The van der Waals surface area contributed by atoms with E-state index in [2.05, 4.69) is 45.0 Å². The molecule has 0 bridgehead atoms. The van der Waals surface area contributed by atoms with Crippen LogP contribution in [0.5, 0.6) is 0 Å². The molecule has 0 aliphatic carbocycles. The lowest BCUT2D eigenvalue weighted by Crippen LogP contribution is -2.49. The van der Waals surface area contributed by atoms with Gasteiger partial charge in [0.15, 0.2) is 5.82 Å². The number of nitrogens with one attached hydrogen (secondary N) is 1. The van der Waals surface area contributed by atoms with Crippen molar-refractivity contribution in [1.29, 1.82) is 0 Å². The van der Waals surface area contributed by atoms with E-state index in [0.29, 0.717) is 12.4 Å². The molecule has 166 valence electrons. The third-order valence-corrected chi connectivity index (χ3v) is 6.18. The second-order valence-corrected chi connectivity index (χ2v) is 8.36. The summed E-state index contributed by atoms with van der Waals surface area (Å²) in [6.45, 7) is 11.8. The second kappa shape index (κ2) is 9.44. The highest BCUT2D eigenvalue weighted by Gasteiger charge is 2.23. The number of aromatic nitrogens is 3. The Kier molecular flexibility index (Phi) is 6.46. The van der Waals surface area contributed by atoms with Crippen molar-refractivity contribution in [3.8, 4) is 11.5 Å². The number of hydrogen-bond acceptors (Lipinski definition) is 6. The molecular formula is C25H30N6O. The first-order chi connectivity index (χ1) is 15.4. The molecule has 0 atom stereocenters. The van der Waals surface area contributed by atoms with E-state index >= 15 is 0 Å². The van der Waals surface area contributed by atoms with Crippen LogP contribution in [0.1, 0.15) is 22.4 Å². The van der Waals surface area contributed by atoms with E-state index in [9.17, 15) is 4.79 Å². The van der Waals surface area contributed by atoms with Crippen LogP contribution in [0, 0.1) is 27.7 Å². The van der Waals surface area contributed by atoms with Crippen LogP contribution in [0.15, 0.2) is 42.6 Å². The Balaban J connectivity index is 1.40. The first-order valence-corrected chi connectivity index (χ1v) is 11.0. The van der Waals surface area contributed by atoms with E-state index in [4.69, 9.17) is 4.98 Å². The largest absolute Gasteiger partial charge is 0.354 e. The van der Waals surface area contributed by atoms with Crippen molar-refractivity contribution in [2.45, 2.75) is 27.7 Å². The minimum Gasteiger partial charge on any atom is -0.354 e. The van der Waals surface area contributed by atoms with E-state index in [-0.39, 0.29) is 5.91 Å². The Morgan fingerprint density at radius 3 is 2.44 bits per heavy atom. The van der Waals surface area contributed by atoms with Gasteiger partial charge in [-0.25, -0.2) is 9.97 Å². The highest BCUT2D eigenvalue weighted by Crippen LogP contribution is 2.24. The van der Waals surface area contributed by atoms with E-state index in [0.717, 1.165) is 60.2 Å². The summed E-state index contributed by atoms with van der Waals surface area (Å²) < 4.78 is 0. The summed E-state index contributed by atoms with van der Waals surface area (Å²) in [5.74, 6) is 1.63. The summed E-state index contributed by atoms with van der Waals surface area (Å²) in [5.41, 5.74) is 6.01. The molecule has 2 aromatic heterocycles. The fraction of sp³-hybridized carbons (Fsp3) is 0.360. The predicted octanol–water partition coefficient (Wildman–Crippen LogP) is 3.53. The zero-order valence-corrected chi connectivity index (χ0v) is 19.2. The quantitative estimate of drug-likeness (QED) is 0.668. The molecule has 32 heavy (non-hydrogen) atoms. The van der Waals surface area contributed by atoms with Crippen LogP contribution in [-0.4, -0.2) is 58.5 Å². The number of carbonyl (C=O) groups excluding carboxylic acids is 1. The summed E-state index contributed by atoms with van der Waals surface area (Å²) in [5, 5.41) is 3.06. The van der Waals surface area contributed by atoms with Crippen LogP contribution in [0.4, 0.5) is 11.5 Å². The molecule has 0 radical (unpaired) electrons. The minimum absolute atomic E-state index is 0.0265. The first-order valence-electron chi connectivity index (χ1n) is 11.0. The van der Waals surface area contributed by atoms with Gasteiger partial charge in [-0.2, -0.15) is 0 Å². The number of benzene rings is 1. The van der Waals surface area contributed by atoms with Gasteiger partial charge in [0.2, 0.25) is 5.91 Å². The Hall–Kier alpha value is -3.32. The number of anilines is 2. The number of nitrogens with zero attached hydrogens (tertiary/aromatic N) is 5. The van der Waals surface area contributed by atoms with Crippen LogP contribution in [-0.2, 0) is 4.79 Å². The summed E-state index contributed by atoms with van der Waals surface area (Å²) in [7, 11) is 0. The maximum Gasteiger partial charge on any atom is 0.238 e. The van der Waals surface area contributed by atoms with Crippen molar-refractivity contribution >= 4 is 17.4 Å². The Morgan fingerprint density at radius 2 is 1.72 bits per heavy atom. The normalized spacial score (nSPS) is 14.4. The van der Waals surface area contributed by atoms with Gasteiger partial charge in [0.05, 0.1) is 6.54 Å². The van der Waals surface area contributed by atoms with Gasteiger partial charge in [-0.15, -0.1) is 0 Å². The molecule has 0 spiro atoms. The molecule has 3 aromatic rings. The standard InChI is InChI=1S/C25H30N6O/c1-17-8-7-10-21(18(17)2)28-23(32)16-30-12-14-31(15-13-30)25-19(3)20(4)27-24(29-25)22-9-5-6-11-26-22/h5-11H,12-16H2,1-4H3,(H,28,32). The van der Waals surface area contributed by atoms with E-state index in [1.54, 1.807) is 6.20 Å². The number of hydrogen-bond donors (Lipinski definition) is 1. The van der Waals surface area contributed by atoms with Crippen molar-refractivity contribution in [2.24, 2.45) is 0 Å². The molecule has 0 saturated carbocycles. The van der Waals surface area contributed by atoms with E-state index in [1.165, 1.54) is 5.56 Å². The average Bonchev–Trinajstić information content (AvgIpc) is 2.80. The molecule has 1 aromatic carbocycles. The fourth-order valence-corrected chi connectivity index (χ4v) is 3.93. The number of rotatable bonds is 5. The van der Waals surface area contributed by atoms with Crippen molar-refractivity contribution in [3.63, 3.8) is 0 Å². The molecule has 4 rings (SSSR count). The molecule has 1 N–H and O–H groups in total. The predicted molar refractivity (Wildman–Crippen MR) is 128 cm³/mol. The van der Waals surface area contributed by atoms with Crippen molar-refractivity contribution in [3.05, 3.63) is 65.0 Å². The van der Waals surface area contributed by atoms with E-state index < -0.39 is 0 Å². The molecular weight excluding hydrogens is 400 g/mol. The molecule has 7 heteroatoms. The molecule has 1 aliphatic heterocycles. The second-order valence-electron chi connectivity index (χ2n) is 8.36. The zero-order chi connectivity index (χ0) is 22.7. The highest BCUT2D eigenvalue weighted by molar-refractivity contribution is 5.93. The summed E-state index contributed by atoms with van der Waals surface area (Å²) >= 11 is 0. The molecule has 3 heterocycles. The first kappa shape index (κ1) is 21.9. The van der Waals surface area contributed by atoms with Crippen LogP contribution >= 0.6 is 0 Å². The third-order valence-electron chi connectivity index (χ3n) is 6.18. The molecule has 1 amide bonds. The lowest BCUT2D eigenvalue weighted by molar-refractivity contribution is -0.117. The minimum atomic E-state index is 0.0265. The maximum absolute atomic E-state index is 12.6. The number of piperazine rings is 1. The number of aryl methyl sites for hydroxylation is 2. The van der Waals surface area contributed by atoms with Crippen molar-refractivity contribution in [2.75, 3.05) is 42.9 Å². The van der Waals surface area contributed by atoms with Gasteiger partial charge < -0.3 is 10.2 Å². The average molecular weight is 431 g/mol. The van der Waals surface area contributed by atoms with Gasteiger partial charge in [-0.3, -0.25) is 14.7 Å². The van der Waals surface area contributed by atoms with Crippen LogP contribution in [0.25, 0.3) is 11.5 Å². The molecule has 1 saturated heterocycles. The maximum atomic E-state index is 12.6.